The minimum Gasteiger partial charge on any atom is -0.484 e. The van der Waals surface area contributed by atoms with Crippen LogP contribution >= 0.6 is 0 Å². The summed E-state index contributed by atoms with van der Waals surface area (Å²) in [7, 11) is 0. The molecule has 2 fully saturated rings. The molecule has 0 spiro atoms. The van der Waals surface area contributed by atoms with Crippen LogP contribution in [0, 0.1) is 11.6 Å². The van der Waals surface area contributed by atoms with Gasteiger partial charge in [-0.15, -0.1) is 23.4 Å². The Hall–Kier alpha value is -2.80. The van der Waals surface area contributed by atoms with Gasteiger partial charge in [0.25, 0.3) is 5.91 Å². The van der Waals surface area contributed by atoms with Crippen LogP contribution in [0.4, 0.5) is 22.0 Å². The third-order valence-corrected chi connectivity index (χ3v) is 5.38. The zero-order valence-electron chi connectivity index (χ0n) is 17.1. The fourth-order valence-electron chi connectivity index (χ4n) is 3.64. The molecule has 2 heterocycles. The number of hydrogen-bond acceptors (Lipinski definition) is 7. The summed E-state index contributed by atoms with van der Waals surface area (Å²) in [5.41, 5.74) is 0. The van der Waals surface area contributed by atoms with E-state index in [4.69, 9.17) is 13.9 Å². The van der Waals surface area contributed by atoms with Crippen molar-refractivity contribution < 1.29 is 45.4 Å². The van der Waals surface area contributed by atoms with Crippen molar-refractivity contribution in [2.24, 2.45) is 0 Å². The lowest BCUT2D eigenvalue weighted by Crippen LogP contribution is -2.43. The van der Waals surface area contributed by atoms with Crippen molar-refractivity contribution in [3.8, 4) is 5.75 Å². The van der Waals surface area contributed by atoms with Crippen molar-refractivity contribution in [3.05, 3.63) is 41.6 Å². The topological polar surface area (TPSA) is 95.7 Å². The Labute approximate surface area is 184 Å². The Morgan fingerprint density at radius 3 is 2.55 bits per heavy atom. The summed E-state index contributed by atoms with van der Waals surface area (Å²) in [5, 5.41) is 10.6. The second-order valence-corrected chi connectivity index (χ2v) is 7.86. The fourth-order valence-corrected chi connectivity index (χ4v) is 3.64. The highest BCUT2D eigenvalue weighted by Crippen LogP contribution is 2.41. The molecule has 0 unspecified atom stereocenters. The smallest absolute Gasteiger partial charge is 0.484 e. The molecule has 1 aliphatic carbocycles. The van der Waals surface area contributed by atoms with Crippen LogP contribution in [0.15, 0.2) is 22.6 Å². The quantitative estimate of drug-likeness (QED) is 0.610. The number of aromatic nitrogens is 2. The predicted octanol–water partition coefficient (Wildman–Crippen LogP) is 3.55. The monoisotopic (exact) mass is 477 g/mol. The molecule has 2 atom stereocenters. The van der Waals surface area contributed by atoms with Gasteiger partial charge in [-0.2, -0.15) is 0 Å². The lowest BCUT2D eigenvalue weighted by Gasteiger charge is -2.33. The van der Waals surface area contributed by atoms with Crippen LogP contribution in [-0.4, -0.2) is 47.8 Å². The summed E-state index contributed by atoms with van der Waals surface area (Å²) in [6.07, 6.45) is -4.75. The van der Waals surface area contributed by atoms with Gasteiger partial charge < -0.3 is 19.2 Å². The lowest BCUT2D eigenvalue weighted by molar-refractivity contribution is -0.352. The molecule has 180 valence electrons. The molecule has 1 saturated carbocycles. The minimum absolute atomic E-state index is 0.0268. The molecule has 4 rings (SSSR count). The first-order chi connectivity index (χ1) is 15.7. The first-order valence-corrected chi connectivity index (χ1v) is 10.2. The first kappa shape index (κ1) is 23.4. The number of nitrogens with one attached hydrogen (secondary N) is 1. The molecule has 1 saturated heterocycles. The van der Waals surface area contributed by atoms with Crippen molar-refractivity contribution in [1.82, 2.24) is 15.5 Å². The van der Waals surface area contributed by atoms with Gasteiger partial charge in [0, 0.05) is 12.0 Å². The van der Waals surface area contributed by atoms with Gasteiger partial charge in [0.1, 0.15) is 11.9 Å². The molecule has 33 heavy (non-hydrogen) atoms. The third-order valence-electron chi connectivity index (χ3n) is 5.38. The number of nitrogens with zero attached hydrogens (tertiary/aromatic N) is 2. The minimum atomic E-state index is -4.66. The number of carbonyl (C=O) groups is 1. The molecular formula is C20H20F5N3O5. The Bertz CT molecular complexity index is 971. The number of halogens is 5. The molecular weight excluding hydrogens is 457 g/mol. The molecule has 13 heteroatoms. The van der Waals surface area contributed by atoms with Gasteiger partial charge in [0.2, 0.25) is 11.8 Å². The highest BCUT2D eigenvalue weighted by atomic mass is 19.4. The standard InChI is InChI=1S/C20H20F5N3O5/c21-14-3-2-12(7-15(14)22)30-9-17(29)26-11-1-4-16(31-8-11)19-28-27-18(32-19)10-5-13(6-10)33-20(23,24)25/h2-3,7,10-11,13,16H,1,4-6,8-9H2,(H,26,29)/t10-,11-,13+,16+/m1/s1. The second-order valence-electron chi connectivity index (χ2n) is 7.86. The second kappa shape index (κ2) is 9.59. The van der Waals surface area contributed by atoms with Crippen LogP contribution in [0.2, 0.25) is 0 Å². The largest absolute Gasteiger partial charge is 0.522 e. The fraction of sp³-hybridized carbons (Fsp3) is 0.550. The predicted molar refractivity (Wildman–Crippen MR) is 98.9 cm³/mol. The van der Waals surface area contributed by atoms with Crippen molar-refractivity contribution >= 4 is 5.91 Å². The van der Waals surface area contributed by atoms with Crippen molar-refractivity contribution in [1.29, 1.82) is 0 Å². The van der Waals surface area contributed by atoms with Crippen LogP contribution in [0.3, 0.4) is 0 Å². The zero-order chi connectivity index (χ0) is 23.6. The molecule has 1 N–H and O–H groups in total. The van der Waals surface area contributed by atoms with Crippen LogP contribution in [-0.2, 0) is 14.3 Å². The van der Waals surface area contributed by atoms with E-state index in [0.29, 0.717) is 12.8 Å². The number of benzene rings is 1. The summed E-state index contributed by atoms with van der Waals surface area (Å²) in [6.45, 7) is -0.206. The van der Waals surface area contributed by atoms with E-state index in [0.717, 1.165) is 12.1 Å². The number of amides is 1. The number of carbonyl (C=O) groups excluding carboxylic acids is 1. The maximum Gasteiger partial charge on any atom is 0.522 e. The van der Waals surface area contributed by atoms with Crippen LogP contribution in [0.1, 0.15) is 49.5 Å². The van der Waals surface area contributed by atoms with E-state index in [9.17, 15) is 26.7 Å². The van der Waals surface area contributed by atoms with Crippen LogP contribution < -0.4 is 10.1 Å². The van der Waals surface area contributed by atoms with Crippen LogP contribution in [0.5, 0.6) is 5.75 Å². The summed E-state index contributed by atoms with van der Waals surface area (Å²) in [5.74, 6) is -2.32. The van der Waals surface area contributed by atoms with Gasteiger partial charge in [-0.05, 0) is 37.8 Å². The van der Waals surface area contributed by atoms with Crippen molar-refractivity contribution in [2.45, 2.75) is 56.2 Å². The van der Waals surface area contributed by atoms with E-state index in [-0.39, 0.29) is 55.5 Å². The van der Waals surface area contributed by atoms with Gasteiger partial charge in [-0.1, -0.05) is 0 Å². The normalized spacial score (nSPS) is 25.4. The average molecular weight is 477 g/mol. The third kappa shape index (κ3) is 6.16. The van der Waals surface area contributed by atoms with Crippen molar-refractivity contribution in [2.75, 3.05) is 13.2 Å². The molecule has 2 aliphatic rings. The molecule has 1 aromatic heterocycles. The molecule has 1 amide bonds. The highest BCUT2D eigenvalue weighted by molar-refractivity contribution is 5.77. The maximum atomic E-state index is 13.2. The van der Waals surface area contributed by atoms with E-state index in [1.54, 1.807) is 0 Å². The van der Waals surface area contributed by atoms with E-state index >= 15 is 0 Å². The van der Waals surface area contributed by atoms with Crippen LogP contribution in [0.25, 0.3) is 0 Å². The number of ether oxygens (including phenoxy) is 3. The molecule has 0 bridgehead atoms. The van der Waals surface area contributed by atoms with Gasteiger partial charge in [0.15, 0.2) is 18.2 Å². The Morgan fingerprint density at radius 1 is 1.12 bits per heavy atom. The molecule has 2 aromatic rings. The Kier molecular flexibility index (Phi) is 6.79. The number of rotatable bonds is 7. The average Bonchev–Trinajstić information content (AvgIpc) is 3.21. The SMILES string of the molecule is O=C(COc1ccc(F)c(F)c1)N[C@@H]1CC[C@@H](c2nnc([C@H]3C[C@@H](OC(F)(F)F)C3)o2)OC1. The molecule has 1 aromatic carbocycles. The van der Waals surface area contributed by atoms with E-state index in [2.05, 4.69) is 20.3 Å². The summed E-state index contributed by atoms with van der Waals surface area (Å²) in [4.78, 5) is 12.0. The van der Waals surface area contributed by atoms with Crippen molar-refractivity contribution in [3.63, 3.8) is 0 Å². The van der Waals surface area contributed by atoms with Gasteiger partial charge in [-0.25, -0.2) is 8.78 Å². The maximum absolute atomic E-state index is 13.2. The Morgan fingerprint density at radius 2 is 1.88 bits per heavy atom. The zero-order valence-corrected chi connectivity index (χ0v) is 17.1. The van der Waals surface area contributed by atoms with E-state index in [1.807, 2.05) is 0 Å². The molecule has 1 aliphatic heterocycles. The van der Waals surface area contributed by atoms with Gasteiger partial charge in [0.05, 0.1) is 18.8 Å². The Balaban J connectivity index is 1.18. The summed E-state index contributed by atoms with van der Waals surface area (Å²) >= 11 is 0. The van der Waals surface area contributed by atoms with Gasteiger partial charge >= 0.3 is 6.36 Å². The first-order valence-electron chi connectivity index (χ1n) is 10.2. The molecule has 0 radical (unpaired) electrons. The summed E-state index contributed by atoms with van der Waals surface area (Å²) in [6, 6.07) is 2.67. The van der Waals surface area contributed by atoms with E-state index in [1.165, 1.54) is 6.07 Å². The lowest BCUT2D eigenvalue weighted by atomic mass is 9.82. The van der Waals surface area contributed by atoms with Gasteiger partial charge in [-0.3, -0.25) is 9.53 Å². The molecule has 8 nitrogen and oxygen atoms in total. The number of hydrogen-bond donors (Lipinski definition) is 1. The summed E-state index contributed by atoms with van der Waals surface area (Å²) < 4.78 is 83.1. The highest BCUT2D eigenvalue weighted by Gasteiger charge is 2.42. The van der Waals surface area contributed by atoms with E-state index < -0.39 is 36.1 Å². The number of alkyl halides is 3.